The maximum atomic E-state index is 14.2. The summed E-state index contributed by atoms with van der Waals surface area (Å²) in [6.07, 6.45) is 1.52. The second-order valence-corrected chi connectivity index (χ2v) is 11.3. The first-order valence-electron chi connectivity index (χ1n) is 14.4. The van der Waals surface area contributed by atoms with Crippen molar-refractivity contribution in [2.24, 2.45) is 4.99 Å². The molecule has 0 fully saturated rings. The normalized spacial score (nSPS) is 14.2. The quantitative estimate of drug-likeness (QED) is 0.110. The number of nitrogens with zero attached hydrogens (tertiary/aromatic N) is 4. The summed E-state index contributed by atoms with van der Waals surface area (Å²) in [5, 5.41) is 22.9. The number of non-ortho nitro benzene ring substituents is 1. The van der Waals surface area contributed by atoms with E-state index in [1.165, 1.54) is 41.0 Å². The molecule has 1 atom stereocenters. The summed E-state index contributed by atoms with van der Waals surface area (Å²) >= 11 is 1.04. The van der Waals surface area contributed by atoms with E-state index in [0.29, 0.717) is 22.4 Å². The van der Waals surface area contributed by atoms with Crippen LogP contribution in [0.15, 0.2) is 112 Å². The summed E-state index contributed by atoms with van der Waals surface area (Å²) in [5.41, 5.74) is 0.209. The average molecular weight is 667 g/mol. The highest BCUT2D eigenvalue weighted by atomic mass is 32.1. The van der Waals surface area contributed by atoms with Crippen LogP contribution < -0.4 is 19.6 Å². The Kier molecular flexibility index (Phi) is 8.73. The van der Waals surface area contributed by atoms with Crippen LogP contribution in [0, 0.1) is 26.0 Å². The lowest BCUT2D eigenvalue weighted by Gasteiger charge is -2.25. The first-order chi connectivity index (χ1) is 23.2. The van der Waals surface area contributed by atoms with E-state index in [0.717, 1.165) is 29.5 Å². The number of rotatable bonds is 9. The van der Waals surface area contributed by atoms with E-state index in [9.17, 15) is 34.2 Å². The fourth-order valence-electron chi connectivity index (χ4n) is 5.20. The molecule has 0 radical (unpaired) electrons. The molecule has 0 unspecified atom stereocenters. The lowest BCUT2D eigenvalue weighted by molar-refractivity contribution is -0.394. The largest absolute Gasteiger partial charge is 0.463 e. The molecule has 240 valence electrons. The van der Waals surface area contributed by atoms with Gasteiger partial charge in [-0.05, 0) is 42.8 Å². The van der Waals surface area contributed by atoms with Gasteiger partial charge in [0, 0.05) is 17.2 Å². The molecule has 1 aliphatic heterocycles. The number of fused-ring (bicyclic) bond motifs is 1. The molecular weight excluding hydrogens is 643 g/mol. The smallest absolute Gasteiger partial charge is 0.338 e. The van der Waals surface area contributed by atoms with Crippen molar-refractivity contribution in [1.82, 2.24) is 4.57 Å². The predicted octanol–water partition coefficient (Wildman–Crippen LogP) is 5.68. The minimum atomic E-state index is -1.02. The molecule has 14 heteroatoms. The van der Waals surface area contributed by atoms with Gasteiger partial charge in [0.25, 0.3) is 11.2 Å². The molecule has 48 heavy (non-hydrogen) atoms. The number of thiazole rings is 1. The molecule has 2 heterocycles. The number of nitro benzene ring substituents is 2. The number of carbonyl (C=O) groups is 1. The number of nitro groups is 2. The van der Waals surface area contributed by atoms with Crippen molar-refractivity contribution in [2.75, 3.05) is 6.61 Å². The number of ether oxygens (including phenoxy) is 2. The van der Waals surface area contributed by atoms with Crippen LogP contribution in [-0.4, -0.2) is 27.0 Å². The maximum absolute atomic E-state index is 14.2. The summed E-state index contributed by atoms with van der Waals surface area (Å²) in [5.74, 6) is -1.29. The number of hydrogen-bond acceptors (Lipinski definition) is 10. The van der Waals surface area contributed by atoms with Crippen LogP contribution in [0.2, 0.25) is 0 Å². The molecule has 0 saturated carbocycles. The van der Waals surface area contributed by atoms with Crippen LogP contribution in [0.1, 0.15) is 29.7 Å². The number of para-hydroxylation sites is 1. The van der Waals surface area contributed by atoms with Crippen molar-refractivity contribution in [3.8, 4) is 11.5 Å². The summed E-state index contributed by atoms with van der Waals surface area (Å²) in [6, 6.07) is 22.8. The van der Waals surface area contributed by atoms with Crippen LogP contribution in [0.3, 0.4) is 0 Å². The summed E-state index contributed by atoms with van der Waals surface area (Å²) in [6.45, 7) is 1.72. The zero-order valence-corrected chi connectivity index (χ0v) is 25.8. The molecular formula is C34H23FN4O8S. The zero-order chi connectivity index (χ0) is 33.9. The van der Waals surface area contributed by atoms with Crippen LogP contribution in [0.5, 0.6) is 11.5 Å². The summed E-state index contributed by atoms with van der Waals surface area (Å²) in [7, 11) is 0. The van der Waals surface area contributed by atoms with Crippen LogP contribution in [0.25, 0.3) is 11.8 Å². The van der Waals surface area contributed by atoms with Crippen molar-refractivity contribution in [2.45, 2.75) is 13.0 Å². The minimum absolute atomic E-state index is 0.0642. The second kappa shape index (κ2) is 13.2. The molecule has 1 aliphatic rings. The van der Waals surface area contributed by atoms with Gasteiger partial charge in [-0.25, -0.2) is 14.2 Å². The van der Waals surface area contributed by atoms with Crippen molar-refractivity contribution < 1.29 is 28.5 Å². The summed E-state index contributed by atoms with van der Waals surface area (Å²) in [4.78, 5) is 54.2. The molecule has 12 nitrogen and oxygen atoms in total. The van der Waals surface area contributed by atoms with Gasteiger partial charge < -0.3 is 9.47 Å². The molecule has 0 bridgehead atoms. The van der Waals surface area contributed by atoms with Crippen LogP contribution >= 0.6 is 11.3 Å². The average Bonchev–Trinajstić information content (AvgIpc) is 3.39. The second-order valence-electron chi connectivity index (χ2n) is 10.3. The fraction of sp³-hybridized carbons (Fsp3) is 0.0882. The topological polar surface area (TPSA) is 156 Å². The lowest BCUT2D eigenvalue weighted by Crippen LogP contribution is -2.40. The van der Waals surface area contributed by atoms with Crippen molar-refractivity contribution in [3.63, 3.8) is 0 Å². The summed E-state index contributed by atoms with van der Waals surface area (Å²) < 4.78 is 26.9. The minimum Gasteiger partial charge on any atom is -0.463 e. The third kappa shape index (κ3) is 6.11. The van der Waals surface area contributed by atoms with E-state index in [-0.39, 0.29) is 33.0 Å². The third-order valence-corrected chi connectivity index (χ3v) is 8.32. The first-order valence-corrected chi connectivity index (χ1v) is 15.2. The highest BCUT2D eigenvalue weighted by Gasteiger charge is 2.35. The molecule has 4 aromatic carbocycles. The Hall–Kier alpha value is -6.28. The zero-order valence-electron chi connectivity index (χ0n) is 24.9. The molecule has 0 N–H and O–H groups in total. The number of aromatic nitrogens is 1. The number of esters is 1. The number of benzene rings is 4. The lowest BCUT2D eigenvalue weighted by atomic mass is 9.93. The highest BCUT2D eigenvalue weighted by molar-refractivity contribution is 7.07. The first kappa shape index (κ1) is 31.7. The molecule has 0 spiro atoms. The van der Waals surface area contributed by atoms with Gasteiger partial charge in [-0.2, -0.15) is 0 Å². The monoisotopic (exact) mass is 666 g/mol. The van der Waals surface area contributed by atoms with E-state index in [2.05, 4.69) is 0 Å². The highest BCUT2D eigenvalue weighted by Crippen LogP contribution is 2.37. The predicted molar refractivity (Wildman–Crippen MR) is 174 cm³/mol. The van der Waals surface area contributed by atoms with Crippen LogP contribution in [-0.2, 0) is 9.53 Å². The Labute approximate surface area is 274 Å². The SMILES string of the molecule is CCOC(=O)C1=C(c2ccccc2)N=c2s/c(=C/c3ccccc3Oc3ccc([N+](=O)[O-])cc3[N+](=O)[O-])c(=O)n2[C@H]1c1ccc(F)cc1. The van der Waals surface area contributed by atoms with E-state index in [4.69, 9.17) is 14.5 Å². The number of halogens is 1. The van der Waals surface area contributed by atoms with Gasteiger partial charge in [0.05, 0.1) is 44.4 Å². The van der Waals surface area contributed by atoms with Gasteiger partial charge in [0.1, 0.15) is 11.6 Å². The van der Waals surface area contributed by atoms with Crippen LogP contribution in [0.4, 0.5) is 15.8 Å². The van der Waals surface area contributed by atoms with Gasteiger partial charge in [-0.15, -0.1) is 0 Å². The molecule has 5 aromatic rings. The van der Waals surface area contributed by atoms with E-state index < -0.39 is 44.6 Å². The Balaban J connectivity index is 1.54. The van der Waals surface area contributed by atoms with Crippen molar-refractivity contribution in [3.05, 3.63) is 165 Å². The van der Waals surface area contributed by atoms with Gasteiger partial charge in [0.2, 0.25) is 5.75 Å². The van der Waals surface area contributed by atoms with Gasteiger partial charge >= 0.3 is 11.7 Å². The van der Waals surface area contributed by atoms with Crippen molar-refractivity contribution >= 4 is 40.5 Å². The maximum Gasteiger partial charge on any atom is 0.338 e. The molecule has 6 rings (SSSR count). The van der Waals surface area contributed by atoms with Gasteiger partial charge in [0.15, 0.2) is 4.80 Å². The third-order valence-electron chi connectivity index (χ3n) is 7.33. The Morgan fingerprint density at radius 3 is 2.35 bits per heavy atom. The Morgan fingerprint density at radius 2 is 1.67 bits per heavy atom. The van der Waals surface area contributed by atoms with Crippen molar-refractivity contribution in [1.29, 1.82) is 0 Å². The van der Waals surface area contributed by atoms with Gasteiger partial charge in [-0.3, -0.25) is 29.6 Å². The molecule has 0 saturated heterocycles. The fourth-order valence-corrected chi connectivity index (χ4v) is 6.19. The molecule has 0 amide bonds. The molecule has 0 aliphatic carbocycles. The van der Waals surface area contributed by atoms with Gasteiger partial charge in [-0.1, -0.05) is 72.0 Å². The van der Waals surface area contributed by atoms with E-state index in [1.54, 1.807) is 49.4 Å². The van der Waals surface area contributed by atoms with E-state index in [1.807, 2.05) is 6.07 Å². The standard InChI is InChI=1S/C34H23FN4O8S/c1-2-46-33(41)29-30(20-8-4-3-5-9-20)36-34-37(31(29)21-12-14-23(35)15-13-21)32(40)28(48-34)18-22-10-6-7-11-26(22)47-27-17-16-24(38(42)43)19-25(27)39(44)45/h3-19,31H,2H2,1H3/b28-18+/t31-/m0/s1. The molecule has 1 aromatic heterocycles. The number of carbonyl (C=O) groups excluding carboxylic acids is 1. The Bertz CT molecular complexity index is 2300. The number of hydrogen-bond donors (Lipinski definition) is 0. The van der Waals surface area contributed by atoms with E-state index >= 15 is 0 Å². The Morgan fingerprint density at radius 1 is 0.958 bits per heavy atom.